The molecule has 0 saturated carbocycles. The molecule has 5 nitrogen and oxygen atoms in total. The van der Waals surface area contributed by atoms with Crippen LogP contribution in [0.15, 0.2) is 48.5 Å². The second-order valence-electron chi connectivity index (χ2n) is 6.66. The smallest absolute Gasteiger partial charge is 0.251 e. The number of anilines is 1. The van der Waals surface area contributed by atoms with E-state index in [2.05, 4.69) is 23.6 Å². The molecule has 3 rings (SSSR count). The number of carbonyl (C=O) groups is 2. The summed E-state index contributed by atoms with van der Waals surface area (Å²) in [6, 6.07) is 14.9. The van der Waals surface area contributed by atoms with Crippen molar-refractivity contribution in [3.63, 3.8) is 0 Å². The fourth-order valence-corrected chi connectivity index (χ4v) is 5.66. The third-order valence-electron chi connectivity index (χ3n) is 4.36. The minimum Gasteiger partial charge on any atom is -0.494 e. The lowest BCUT2D eigenvalue weighted by Gasteiger charge is -2.11. The summed E-state index contributed by atoms with van der Waals surface area (Å²) in [6.07, 6.45) is 2.07. The third kappa shape index (κ3) is 6.72. The van der Waals surface area contributed by atoms with Crippen LogP contribution >= 0.6 is 23.5 Å². The average molecular weight is 431 g/mol. The van der Waals surface area contributed by atoms with E-state index >= 15 is 0 Å². The van der Waals surface area contributed by atoms with Crippen LogP contribution < -0.4 is 15.4 Å². The first kappa shape index (κ1) is 21.6. The summed E-state index contributed by atoms with van der Waals surface area (Å²) in [5.74, 6) is 2.52. The molecule has 1 saturated heterocycles. The molecular weight excluding hydrogens is 404 g/mol. The number of unbranched alkanes of at least 4 members (excludes halogenated alkanes) is 1. The van der Waals surface area contributed by atoms with Gasteiger partial charge in [0.05, 0.1) is 17.7 Å². The van der Waals surface area contributed by atoms with Crippen LogP contribution in [0.1, 0.15) is 40.3 Å². The molecule has 1 aliphatic heterocycles. The number of nitrogens with one attached hydrogen (secondary N) is 2. The van der Waals surface area contributed by atoms with Crippen molar-refractivity contribution in [3.8, 4) is 5.75 Å². The maximum Gasteiger partial charge on any atom is 0.251 e. The van der Waals surface area contributed by atoms with Gasteiger partial charge in [-0.1, -0.05) is 25.5 Å². The molecule has 0 aliphatic carbocycles. The van der Waals surface area contributed by atoms with Crippen molar-refractivity contribution < 1.29 is 14.3 Å². The molecule has 0 spiro atoms. The zero-order valence-electron chi connectivity index (χ0n) is 16.5. The molecule has 7 heteroatoms. The minimum absolute atomic E-state index is 0.0786. The van der Waals surface area contributed by atoms with E-state index in [1.807, 2.05) is 41.7 Å². The van der Waals surface area contributed by atoms with E-state index in [0.717, 1.165) is 35.8 Å². The lowest BCUT2D eigenvalue weighted by molar-refractivity contribution is -0.115. The van der Waals surface area contributed by atoms with Gasteiger partial charge in [0.2, 0.25) is 5.91 Å². The van der Waals surface area contributed by atoms with Gasteiger partial charge in [-0.25, -0.2) is 0 Å². The minimum atomic E-state index is -0.284. The number of amides is 2. The Bertz CT molecular complexity index is 821. The first-order valence-corrected chi connectivity index (χ1v) is 11.9. The predicted octanol–water partition coefficient (Wildman–Crippen LogP) is 4.71. The summed E-state index contributed by atoms with van der Waals surface area (Å²) in [5, 5.41) is 5.52. The highest BCUT2D eigenvalue weighted by Gasteiger charge is 2.18. The van der Waals surface area contributed by atoms with Crippen molar-refractivity contribution in [1.82, 2.24) is 5.32 Å². The van der Waals surface area contributed by atoms with Crippen molar-refractivity contribution >= 4 is 41.0 Å². The molecule has 2 amide bonds. The van der Waals surface area contributed by atoms with Crippen LogP contribution in [0.25, 0.3) is 0 Å². The molecule has 2 aromatic rings. The van der Waals surface area contributed by atoms with Crippen LogP contribution in [0.4, 0.5) is 5.69 Å². The van der Waals surface area contributed by atoms with Crippen LogP contribution in [0.3, 0.4) is 0 Å². The number of rotatable bonds is 9. The van der Waals surface area contributed by atoms with Crippen LogP contribution in [-0.4, -0.2) is 36.5 Å². The van der Waals surface area contributed by atoms with Crippen molar-refractivity contribution in [2.75, 3.05) is 30.0 Å². The average Bonchev–Trinajstić information content (AvgIpc) is 3.28. The number of hydrogen-bond donors (Lipinski definition) is 2. The standard InChI is InChI=1S/C22H26N2O3S2/c1-2-3-11-27-19-9-7-16(8-10-19)21(26)23-15-20(25)24-18-6-4-5-17(14-18)22-28-12-13-29-22/h4-10,14,22H,2-3,11-13,15H2,1H3,(H,23,26)(H,24,25). The van der Waals surface area contributed by atoms with Gasteiger partial charge in [-0.05, 0) is 48.4 Å². The van der Waals surface area contributed by atoms with Gasteiger partial charge in [-0.3, -0.25) is 9.59 Å². The second kappa shape index (κ2) is 11.2. The van der Waals surface area contributed by atoms with E-state index < -0.39 is 0 Å². The van der Waals surface area contributed by atoms with E-state index in [1.54, 1.807) is 24.3 Å². The number of carbonyl (C=O) groups excluding carboxylic acids is 2. The molecule has 1 aliphatic rings. The van der Waals surface area contributed by atoms with Crippen molar-refractivity contribution in [2.24, 2.45) is 0 Å². The highest BCUT2D eigenvalue weighted by molar-refractivity contribution is 8.19. The Balaban J connectivity index is 1.46. The van der Waals surface area contributed by atoms with Crippen molar-refractivity contribution in [2.45, 2.75) is 24.3 Å². The normalized spacial score (nSPS) is 13.8. The first-order chi connectivity index (χ1) is 14.2. The lowest BCUT2D eigenvalue weighted by Crippen LogP contribution is -2.32. The largest absolute Gasteiger partial charge is 0.494 e. The van der Waals surface area contributed by atoms with Crippen LogP contribution in [0.5, 0.6) is 5.75 Å². The molecule has 1 heterocycles. The monoisotopic (exact) mass is 430 g/mol. The van der Waals surface area contributed by atoms with Gasteiger partial charge in [0.25, 0.3) is 5.91 Å². The molecule has 0 aromatic heterocycles. The van der Waals surface area contributed by atoms with Gasteiger partial charge in [-0.2, -0.15) is 0 Å². The molecule has 1 fully saturated rings. The van der Waals surface area contributed by atoms with Crippen molar-refractivity contribution in [3.05, 3.63) is 59.7 Å². The molecule has 0 atom stereocenters. The van der Waals surface area contributed by atoms with Gasteiger partial charge < -0.3 is 15.4 Å². The van der Waals surface area contributed by atoms with Gasteiger partial charge in [0.15, 0.2) is 0 Å². The Morgan fingerprint density at radius 1 is 1.10 bits per heavy atom. The summed E-state index contributed by atoms with van der Waals surface area (Å²) in [7, 11) is 0. The zero-order chi connectivity index (χ0) is 20.5. The Morgan fingerprint density at radius 2 is 1.86 bits per heavy atom. The van der Waals surface area contributed by atoms with E-state index in [9.17, 15) is 9.59 Å². The van der Waals surface area contributed by atoms with Gasteiger partial charge in [0.1, 0.15) is 5.75 Å². The number of hydrogen-bond acceptors (Lipinski definition) is 5. The van der Waals surface area contributed by atoms with Crippen LogP contribution in [0, 0.1) is 0 Å². The summed E-state index contributed by atoms with van der Waals surface area (Å²) in [5.41, 5.74) is 2.46. The van der Waals surface area contributed by atoms with E-state index in [0.29, 0.717) is 16.8 Å². The Labute approximate surface area is 180 Å². The zero-order valence-corrected chi connectivity index (χ0v) is 18.1. The van der Waals surface area contributed by atoms with E-state index in [-0.39, 0.29) is 18.4 Å². The van der Waals surface area contributed by atoms with Crippen LogP contribution in [0.2, 0.25) is 0 Å². The topological polar surface area (TPSA) is 67.4 Å². The van der Waals surface area contributed by atoms with Gasteiger partial charge >= 0.3 is 0 Å². The first-order valence-electron chi connectivity index (χ1n) is 9.80. The highest BCUT2D eigenvalue weighted by Crippen LogP contribution is 2.45. The highest BCUT2D eigenvalue weighted by atomic mass is 32.2. The van der Waals surface area contributed by atoms with E-state index in [1.165, 1.54) is 5.56 Å². The summed E-state index contributed by atoms with van der Waals surface area (Å²) in [4.78, 5) is 24.5. The van der Waals surface area contributed by atoms with E-state index in [4.69, 9.17) is 4.74 Å². The maximum absolute atomic E-state index is 12.3. The van der Waals surface area contributed by atoms with Gasteiger partial charge in [-0.15, -0.1) is 23.5 Å². The fraction of sp³-hybridized carbons (Fsp3) is 0.364. The van der Waals surface area contributed by atoms with Gasteiger partial charge in [0, 0.05) is 22.8 Å². The molecule has 154 valence electrons. The summed E-state index contributed by atoms with van der Waals surface area (Å²) in [6.45, 7) is 2.70. The van der Waals surface area contributed by atoms with Crippen molar-refractivity contribution in [1.29, 1.82) is 0 Å². The lowest BCUT2D eigenvalue weighted by atomic mass is 10.2. The SMILES string of the molecule is CCCCOc1ccc(C(=O)NCC(=O)Nc2cccc(C3SCCS3)c2)cc1. The number of benzene rings is 2. The maximum atomic E-state index is 12.3. The molecule has 2 aromatic carbocycles. The molecule has 0 unspecified atom stereocenters. The molecule has 29 heavy (non-hydrogen) atoms. The number of ether oxygens (including phenoxy) is 1. The third-order valence-corrected chi connectivity index (χ3v) is 7.46. The Morgan fingerprint density at radius 3 is 2.59 bits per heavy atom. The quantitative estimate of drug-likeness (QED) is 0.564. The molecule has 2 N–H and O–H groups in total. The summed E-state index contributed by atoms with van der Waals surface area (Å²) < 4.78 is 6.02. The summed E-state index contributed by atoms with van der Waals surface area (Å²) >= 11 is 3.85. The molecule has 0 bridgehead atoms. The fourth-order valence-electron chi connectivity index (χ4n) is 2.82. The van der Waals surface area contributed by atoms with Crippen LogP contribution in [-0.2, 0) is 4.79 Å². The Hall–Kier alpha value is -2.12. The molecule has 0 radical (unpaired) electrons. The second-order valence-corrected chi connectivity index (χ2v) is 9.38. The molecular formula is C22H26N2O3S2. The number of thioether (sulfide) groups is 2. The Kier molecular flexibility index (Phi) is 8.31. The predicted molar refractivity (Wildman–Crippen MR) is 122 cm³/mol.